The Kier molecular flexibility index (Phi) is 12.0. The van der Waals surface area contributed by atoms with Crippen molar-refractivity contribution in [1.29, 1.82) is 0 Å². The summed E-state index contributed by atoms with van der Waals surface area (Å²) in [5, 5.41) is 0. The van der Waals surface area contributed by atoms with E-state index in [2.05, 4.69) is 6.92 Å². The number of unbranched alkanes of at least 4 members (excludes halogenated alkanes) is 2. The van der Waals surface area contributed by atoms with Crippen molar-refractivity contribution in [3.63, 3.8) is 0 Å². The van der Waals surface area contributed by atoms with Crippen molar-refractivity contribution in [2.75, 3.05) is 13.2 Å². The van der Waals surface area contributed by atoms with Gasteiger partial charge in [0.25, 0.3) is 0 Å². The molecule has 7 atom stereocenters. The van der Waals surface area contributed by atoms with Gasteiger partial charge in [0.05, 0.1) is 18.8 Å². The van der Waals surface area contributed by atoms with E-state index in [0.717, 1.165) is 70.1 Å². The van der Waals surface area contributed by atoms with E-state index < -0.39 is 18.5 Å². The quantitative estimate of drug-likeness (QED) is 0.249. The molecule has 0 spiro atoms. The molecule has 0 aromatic heterocycles. The zero-order valence-electron chi connectivity index (χ0n) is 23.7. The molecule has 0 amide bonds. The first-order valence-corrected chi connectivity index (χ1v) is 16.1. The van der Waals surface area contributed by atoms with E-state index in [0.29, 0.717) is 31.5 Å². The van der Waals surface area contributed by atoms with Gasteiger partial charge in [0.2, 0.25) is 0 Å². The molecule has 216 valence electrons. The van der Waals surface area contributed by atoms with E-state index in [1.165, 1.54) is 38.5 Å². The van der Waals surface area contributed by atoms with Crippen LogP contribution in [-0.4, -0.2) is 43.9 Å². The minimum absolute atomic E-state index is 0.0876. The third-order valence-electron chi connectivity index (χ3n) is 10.8. The van der Waals surface area contributed by atoms with Crippen LogP contribution in [0.1, 0.15) is 123 Å². The van der Waals surface area contributed by atoms with Gasteiger partial charge in [0, 0.05) is 18.9 Å². The summed E-state index contributed by atoms with van der Waals surface area (Å²) in [5.74, 6) is 1.36. The topological polar surface area (TPSA) is 18.5 Å². The molecule has 4 fully saturated rings. The monoisotopic (exact) mass is 528 g/mol. The standard InChI is InChI=1S/C32H55F3O2/c1-3-5-6-7-22-8-10-24(11-9-22)29-18-14-25(31(34)32(29)35)21-37-26-15-12-23(13-16-26)28-19-17-27(36-4-2)20-30(28)33/h22-32H,3-21H2,1-2H3. The van der Waals surface area contributed by atoms with Crippen molar-refractivity contribution in [1.82, 2.24) is 0 Å². The Morgan fingerprint density at radius 3 is 1.95 bits per heavy atom. The number of ether oxygens (including phenoxy) is 2. The molecule has 5 heteroatoms. The van der Waals surface area contributed by atoms with E-state index in [1.54, 1.807) is 0 Å². The summed E-state index contributed by atoms with van der Waals surface area (Å²) in [6.45, 7) is 5.23. The Balaban J connectivity index is 1.14. The normalized spacial score (nSPS) is 43.5. The van der Waals surface area contributed by atoms with Crippen LogP contribution in [0.2, 0.25) is 0 Å². The summed E-state index contributed by atoms with van der Waals surface area (Å²) < 4.78 is 57.2. The van der Waals surface area contributed by atoms with Crippen LogP contribution in [0.5, 0.6) is 0 Å². The van der Waals surface area contributed by atoms with E-state index >= 15 is 8.78 Å². The van der Waals surface area contributed by atoms with Gasteiger partial charge in [0.15, 0.2) is 0 Å². The molecule has 7 unspecified atom stereocenters. The molecular formula is C32H55F3O2. The molecule has 2 nitrogen and oxygen atoms in total. The predicted molar refractivity (Wildman–Crippen MR) is 145 cm³/mol. The fourth-order valence-electron chi connectivity index (χ4n) is 8.44. The first kappa shape index (κ1) is 29.7. The van der Waals surface area contributed by atoms with Gasteiger partial charge in [-0.2, -0.15) is 0 Å². The maximum atomic E-state index is 15.3. The zero-order valence-corrected chi connectivity index (χ0v) is 23.7. The number of rotatable bonds is 11. The second-order valence-electron chi connectivity index (χ2n) is 13.1. The minimum atomic E-state index is -1.38. The molecule has 4 saturated carbocycles. The molecule has 0 radical (unpaired) electrons. The molecule has 0 aromatic carbocycles. The number of hydrogen-bond donors (Lipinski definition) is 0. The molecule has 0 N–H and O–H groups in total. The molecule has 4 aliphatic carbocycles. The Morgan fingerprint density at radius 1 is 0.622 bits per heavy atom. The minimum Gasteiger partial charge on any atom is -0.378 e. The summed E-state index contributed by atoms with van der Waals surface area (Å²) in [7, 11) is 0. The van der Waals surface area contributed by atoms with Gasteiger partial charge in [-0.15, -0.1) is 0 Å². The average Bonchev–Trinajstić information content (AvgIpc) is 2.91. The molecule has 0 aromatic rings. The van der Waals surface area contributed by atoms with E-state index in [1.807, 2.05) is 6.92 Å². The smallest absolute Gasteiger partial charge is 0.136 e. The average molecular weight is 529 g/mol. The molecule has 4 aliphatic rings. The summed E-state index contributed by atoms with van der Waals surface area (Å²) in [6, 6.07) is 0. The third-order valence-corrected chi connectivity index (χ3v) is 10.8. The maximum absolute atomic E-state index is 15.3. The van der Waals surface area contributed by atoms with Gasteiger partial charge >= 0.3 is 0 Å². The highest BCUT2D eigenvalue weighted by molar-refractivity contribution is 4.93. The molecular weight excluding hydrogens is 473 g/mol. The summed E-state index contributed by atoms with van der Waals surface area (Å²) >= 11 is 0. The van der Waals surface area contributed by atoms with Crippen LogP contribution in [0.25, 0.3) is 0 Å². The Labute approximate surface area is 225 Å². The van der Waals surface area contributed by atoms with Crippen molar-refractivity contribution < 1.29 is 22.6 Å². The first-order chi connectivity index (χ1) is 18.0. The van der Waals surface area contributed by atoms with Crippen LogP contribution in [0.4, 0.5) is 13.2 Å². The van der Waals surface area contributed by atoms with Crippen LogP contribution in [0.3, 0.4) is 0 Å². The van der Waals surface area contributed by atoms with E-state index in [9.17, 15) is 4.39 Å². The largest absolute Gasteiger partial charge is 0.378 e. The third kappa shape index (κ3) is 8.12. The number of alkyl halides is 3. The SMILES string of the molecule is CCCCCC1CCC(C2CCC(COC3CCC(C4CCC(OCC)CC4F)CC3)C(F)C2F)CC1. The highest BCUT2D eigenvalue weighted by Crippen LogP contribution is 2.45. The Hall–Kier alpha value is -0.290. The van der Waals surface area contributed by atoms with Crippen molar-refractivity contribution >= 4 is 0 Å². The molecule has 0 aliphatic heterocycles. The zero-order chi connectivity index (χ0) is 26.2. The van der Waals surface area contributed by atoms with Crippen molar-refractivity contribution in [2.45, 2.75) is 154 Å². The van der Waals surface area contributed by atoms with Gasteiger partial charge in [-0.05, 0) is 101 Å². The van der Waals surface area contributed by atoms with Crippen LogP contribution >= 0.6 is 0 Å². The first-order valence-electron chi connectivity index (χ1n) is 16.1. The Bertz CT molecular complexity index is 632. The molecule has 0 bridgehead atoms. The molecule has 4 rings (SSSR count). The highest BCUT2D eigenvalue weighted by Gasteiger charge is 2.44. The molecule has 0 heterocycles. The predicted octanol–water partition coefficient (Wildman–Crippen LogP) is 9.19. The second kappa shape index (κ2) is 14.9. The lowest BCUT2D eigenvalue weighted by Crippen LogP contribution is -2.44. The summed E-state index contributed by atoms with van der Waals surface area (Å²) in [5.41, 5.74) is 0. The van der Waals surface area contributed by atoms with Gasteiger partial charge in [-0.1, -0.05) is 45.4 Å². The van der Waals surface area contributed by atoms with E-state index in [-0.39, 0.29) is 30.0 Å². The lowest BCUT2D eigenvalue weighted by molar-refractivity contribution is -0.0712. The highest BCUT2D eigenvalue weighted by atomic mass is 19.2. The van der Waals surface area contributed by atoms with Crippen LogP contribution in [-0.2, 0) is 9.47 Å². The fraction of sp³-hybridized carbons (Fsp3) is 1.00. The number of halogens is 3. The van der Waals surface area contributed by atoms with Gasteiger partial charge in [-0.3, -0.25) is 0 Å². The van der Waals surface area contributed by atoms with Crippen molar-refractivity contribution in [3.8, 4) is 0 Å². The lowest BCUT2D eigenvalue weighted by Gasteiger charge is -2.42. The van der Waals surface area contributed by atoms with Crippen LogP contribution in [0.15, 0.2) is 0 Å². The van der Waals surface area contributed by atoms with Crippen molar-refractivity contribution in [2.24, 2.45) is 35.5 Å². The van der Waals surface area contributed by atoms with Crippen LogP contribution < -0.4 is 0 Å². The van der Waals surface area contributed by atoms with Crippen LogP contribution in [0, 0.1) is 35.5 Å². The second-order valence-corrected chi connectivity index (χ2v) is 13.1. The summed E-state index contributed by atoms with van der Waals surface area (Å²) in [6.07, 6.45) is 14.4. The lowest BCUT2D eigenvalue weighted by atomic mass is 9.67. The van der Waals surface area contributed by atoms with Gasteiger partial charge in [0.1, 0.15) is 18.5 Å². The van der Waals surface area contributed by atoms with Gasteiger partial charge < -0.3 is 9.47 Å². The molecule has 37 heavy (non-hydrogen) atoms. The summed E-state index contributed by atoms with van der Waals surface area (Å²) in [4.78, 5) is 0. The van der Waals surface area contributed by atoms with Crippen molar-refractivity contribution in [3.05, 3.63) is 0 Å². The van der Waals surface area contributed by atoms with E-state index in [4.69, 9.17) is 9.47 Å². The Morgan fingerprint density at radius 2 is 1.27 bits per heavy atom. The fourth-order valence-corrected chi connectivity index (χ4v) is 8.44. The van der Waals surface area contributed by atoms with Gasteiger partial charge in [-0.25, -0.2) is 13.2 Å². The number of hydrogen-bond acceptors (Lipinski definition) is 2. The molecule has 0 saturated heterocycles. The maximum Gasteiger partial charge on any atom is 0.136 e.